The SMILES string of the molecule is c1nn(C2CC2)cc1-c1ccc(N[C@H]2CC3CN(CC4CCOCC4)C[C@@H]3C2)nn1. The standard InChI is InChI=1S/C23H32N6O/c1-2-21(1)29-15-19(11-24-29)22-3-4-23(27-26-22)25-20-9-17-13-28(14-18(17)10-20)12-16-5-7-30-8-6-16/h3-4,11,15-18,20-21H,1-2,5-10,12-14H2,(H,25,27)/t17-,18?,20+/m0/s1. The van der Waals surface area contributed by atoms with Gasteiger partial charge in [-0.25, -0.2) is 0 Å². The van der Waals surface area contributed by atoms with Crippen LogP contribution in [-0.4, -0.2) is 63.8 Å². The van der Waals surface area contributed by atoms with Crippen LogP contribution in [0.4, 0.5) is 5.82 Å². The van der Waals surface area contributed by atoms with Crippen LogP contribution in [0.5, 0.6) is 0 Å². The fourth-order valence-electron chi connectivity index (χ4n) is 5.74. The molecule has 1 N–H and O–H groups in total. The summed E-state index contributed by atoms with van der Waals surface area (Å²) < 4.78 is 7.57. The van der Waals surface area contributed by atoms with E-state index in [0.717, 1.165) is 48.0 Å². The first-order chi connectivity index (χ1) is 14.8. The van der Waals surface area contributed by atoms with E-state index in [1.807, 2.05) is 6.20 Å². The van der Waals surface area contributed by atoms with Crippen molar-refractivity contribution >= 4 is 5.82 Å². The third-order valence-electron chi connectivity index (χ3n) is 7.52. The summed E-state index contributed by atoms with van der Waals surface area (Å²) in [5.41, 5.74) is 1.96. The minimum atomic E-state index is 0.531. The highest BCUT2D eigenvalue weighted by Gasteiger charge is 2.41. The van der Waals surface area contributed by atoms with Crippen molar-refractivity contribution in [1.82, 2.24) is 24.9 Å². The van der Waals surface area contributed by atoms with E-state index in [2.05, 4.69) is 48.5 Å². The molecule has 2 aromatic heterocycles. The predicted octanol–water partition coefficient (Wildman–Crippen LogP) is 3.22. The Bertz CT molecular complexity index is 843. The van der Waals surface area contributed by atoms with Crippen LogP contribution >= 0.6 is 0 Å². The van der Waals surface area contributed by atoms with E-state index in [9.17, 15) is 0 Å². The number of hydrogen-bond acceptors (Lipinski definition) is 6. The van der Waals surface area contributed by atoms with Crippen molar-refractivity contribution < 1.29 is 4.74 Å². The quantitative estimate of drug-likeness (QED) is 0.792. The Balaban J connectivity index is 1.01. The topological polar surface area (TPSA) is 68.1 Å². The van der Waals surface area contributed by atoms with Gasteiger partial charge in [-0.05, 0) is 68.4 Å². The van der Waals surface area contributed by atoms with Crippen LogP contribution in [0.2, 0.25) is 0 Å². The molecule has 3 atom stereocenters. The first-order valence-electron chi connectivity index (χ1n) is 11.7. The Labute approximate surface area is 178 Å². The summed E-state index contributed by atoms with van der Waals surface area (Å²) in [5, 5.41) is 17.0. The van der Waals surface area contributed by atoms with E-state index < -0.39 is 0 Å². The summed E-state index contributed by atoms with van der Waals surface area (Å²) in [5.74, 6) is 3.42. The molecule has 30 heavy (non-hydrogen) atoms. The molecule has 0 radical (unpaired) electrons. The molecule has 4 aliphatic rings. The number of aromatic nitrogens is 4. The van der Waals surface area contributed by atoms with Crippen LogP contribution in [0, 0.1) is 17.8 Å². The van der Waals surface area contributed by atoms with E-state index >= 15 is 0 Å². The van der Waals surface area contributed by atoms with E-state index in [0.29, 0.717) is 12.1 Å². The second kappa shape index (κ2) is 7.93. The molecule has 7 nitrogen and oxygen atoms in total. The lowest BCUT2D eigenvalue weighted by Crippen LogP contribution is -2.32. The van der Waals surface area contributed by atoms with Gasteiger partial charge in [0.05, 0.1) is 17.9 Å². The molecule has 0 aromatic carbocycles. The van der Waals surface area contributed by atoms with Gasteiger partial charge < -0.3 is 15.0 Å². The van der Waals surface area contributed by atoms with Gasteiger partial charge in [0.2, 0.25) is 0 Å². The van der Waals surface area contributed by atoms with E-state index in [1.165, 1.54) is 58.2 Å². The molecule has 4 heterocycles. The first-order valence-corrected chi connectivity index (χ1v) is 11.7. The van der Waals surface area contributed by atoms with Crippen molar-refractivity contribution in [2.24, 2.45) is 17.8 Å². The zero-order valence-corrected chi connectivity index (χ0v) is 17.6. The van der Waals surface area contributed by atoms with Crippen molar-refractivity contribution in [3.05, 3.63) is 24.5 Å². The number of likely N-dealkylation sites (tertiary alicyclic amines) is 1. The largest absolute Gasteiger partial charge is 0.381 e. The van der Waals surface area contributed by atoms with Crippen molar-refractivity contribution in [3.8, 4) is 11.3 Å². The summed E-state index contributed by atoms with van der Waals surface area (Å²) >= 11 is 0. The maximum absolute atomic E-state index is 5.51. The number of ether oxygens (including phenoxy) is 1. The molecule has 4 fully saturated rings. The monoisotopic (exact) mass is 408 g/mol. The maximum atomic E-state index is 5.51. The number of hydrogen-bond donors (Lipinski definition) is 1. The Hall–Kier alpha value is -1.99. The normalized spacial score (nSPS) is 29.9. The van der Waals surface area contributed by atoms with E-state index in [4.69, 9.17) is 4.74 Å². The molecule has 2 aromatic rings. The molecular formula is C23H32N6O. The van der Waals surface area contributed by atoms with Gasteiger partial charge >= 0.3 is 0 Å². The fraction of sp³-hybridized carbons (Fsp3) is 0.696. The molecule has 2 saturated carbocycles. The smallest absolute Gasteiger partial charge is 0.148 e. The van der Waals surface area contributed by atoms with Gasteiger partial charge in [-0.2, -0.15) is 5.10 Å². The second-order valence-electron chi connectivity index (χ2n) is 9.85. The summed E-state index contributed by atoms with van der Waals surface area (Å²) in [7, 11) is 0. The van der Waals surface area contributed by atoms with Crippen LogP contribution in [0.1, 0.15) is 44.6 Å². The number of nitrogens with one attached hydrogen (secondary N) is 1. The fourth-order valence-corrected chi connectivity index (χ4v) is 5.74. The van der Waals surface area contributed by atoms with Crippen molar-refractivity contribution in [1.29, 1.82) is 0 Å². The Morgan fingerprint density at radius 1 is 1.00 bits per heavy atom. The Kier molecular flexibility index (Phi) is 4.96. The molecule has 2 saturated heterocycles. The minimum Gasteiger partial charge on any atom is -0.381 e. The summed E-state index contributed by atoms with van der Waals surface area (Å²) in [6.45, 7) is 5.74. The zero-order chi connectivity index (χ0) is 19.9. The number of fused-ring (bicyclic) bond motifs is 1. The summed E-state index contributed by atoms with van der Waals surface area (Å²) in [6, 6.07) is 5.27. The van der Waals surface area contributed by atoms with Gasteiger partial charge in [0.25, 0.3) is 0 Å². The molecule has 0 amide bonds. The molecule has 0 spiro atoms. The van der Waals surface area contributed by atoms with Crippen LogP contribution in [0.25, 0.3) is 11.3 Å². The lowest BCUT2D eigenvalue weighted by molar-refractivity contribution is 0.0545. The van der Waals surface area contributed by atoms with E-state index in [1.54, 1.807) is 0 Å². The summed E-state index contributed by atoms with van der Waals surface area (Å²) in [4.78, 5) is 2.72. The molecule has 2 aliphatic carbocycles. The molecular weight excluding hydrogens is 376 g/mol. The maximum Gasteiger partial charge on any atom is 0.148 e. The number of anilines is 1. The molecule has 2 aliphatic heterocycles. The highest BCUT2D eigenvalue weighted by Crippen LogP contribution is 2.40. The third kappa shape index (κ3) is 3.97. The Morgan fingerprint density at radius 2 is 1.80 bits per heavy atom. The van der Waals surface area contributed by atoms with Crippen LogP contribution in [0.3, 0.4) is 0 Å². The van der Waals surface area contributed by atoms with Crippen LogP contribution in [-0.2, 0) is 4.74 Å². The van der Waals surface area contributed by atoms with Crippen LogP contribution < -0.4 is 5.32 Å². The number of rotatable bonds is 6. The van der Waals surface area contributed by atoms with Crippen molar-refractivity contribution in [2.45, 2.75) is 50.6 Å². The van der Waals surface area contributed by atoms with Crippen molar-refractivity contribution in [3.63, 3.8) is 0 Å². The minimum absolute atomic E-state index is 0.531. The van der Waals surface area contributed by atoms with E-state index in [-0.39, 0.29) is 0 Å². The second-order valence-corrected chi connectivity index (χ2v) is 9.85. The summed E-state index contributed by atoms with van der Waals surface area (Å²) in [6.07, 6.45) is 11.5. The molecule has 160 valence electrons. The average Bonchev–Trinajstić information content (AvgIpc) is 3.20. The highest BCUT2D eigenvalue weighted by atomic mass is 16.5. The lowest BCUT2D eigenvalue weighted by Gasteiger charge is -2.27. The molecule has 7 heteroatoms. The van der Waals surface area contributed by atoms with Crippen LogP contribution in [0.15, 0.2) is 24.5 Å². The van der Waals surface area contributed by atoms with Gasteiger partial charge in [-0.3, -0.25) is 4.68 Å². The molecule has 0 bridgehead atoms. The van der Waals surface area contributed by atoms with Gasteiger partial charge in [0.1, 0.15) is 5.82 Å². The highest BCUT2D eigenvalue weighted by molar-refractivity contribution is 5.57. The number of nitrogens with zero attached hydrogens (tertiary/aromatic N) is 5. The zero-order valence-electron chi connectivity index (χ0n) is 17.6. The molecule has 1 unspecified atom stereocenters. The van der Waals surface area contributed by atoms with Gasteiger partial charge in [-0.15, -0.1) is 10.2 Å². The first kappa shape index (κ1) is 18.8. The third-order valence-corrected chi connectivity index (χ3v) is 7.52. The lowest BCUT2D eigenvalue weighted by atomic mass is 10.00. The van der Waals surface area contributed by atoms with Gasteiger partial charge in [0, 0.05) is 50.7 Å². The predicted molar refractivity (Wildman–Crippen MR) is 115 cm³/mol. The van der Waals surface area contributed by atoms with Gasteiger partial charge in [-0.1, -0.05) is 0 Å². The van der Waals surface area contributed by atoms with Gasteiger partial charge in [0.15, 0.2) is 0 Å². The van der Waals surface area contributed by atoms with Crippen molar-refractivity contribution in [2.75, 3.05) is 38.2 Å². The average molecular weight is 409 g/mol. The Morgan fingerprint density at radius 3 is 2.50 bits per heavy atom. The molecule has 6 rings (SSSR count).